The van der Waals surface area contributed by atoms with Crippen LogP contribution in [0.25, 0.3) is 0 Å². The van der Waals surface area contributed by atoms with Gasteiger partial charge < -0.3 is 10.4 Å². The van der Waals surface area contributed by atoms with Crippen LogP contribution in [0.4, 0.5) is 0 Å². The second-order valence-corrected chi connectivity index (χ2v) is 5.13. The molecule has 0 fully saturated rings. The first-order chi connectivity index (χ1) is 8.99. The maximum atomic E-state index is 12.0. The van der Waals surface area contributed by atoms with E-state index >= 15 is 0 Å². The molecule has 1 unspecified atom stereocenters. The Morgan fingerprint density at radius 1 is 1.58 bits per heavy atom. The van der Waals surface area contributed by atoms with E-state index in [0.717, 1.165) is 12.1 Å². The number of carboxylic acid groups (broad SMARTS) is 1. The van der Waals surface area contributed by atoms with Crippen molar-refractivity contribution in [2.45, 2.75) is 25.8 Å². The van der Waals surface area contributed by atoms with Crippen molar-refractivity contribution in [1.29, 1.82) is 0 Å². The lowest BCUT2D eigenvalue weighted by Crippen LogP contribution is -2.41. The van der Waals surface area contributed by atoms with Gasteiger partial charge in [-0.15, -0.1) is 0 Å². The molecule has 19 heavy (non-hydrogen) atoms. The summed E-state index contributed by atoms with van der Waals surface area (Å²) in [6, 6.07) is 0.822. The Hall–Kier alpha value is -1.50. The monoisotopic (exact) mass is 285 g/mol. The van der Waals surface area contributed by atoms with Gasteiger partial charge in [-0.1, -0.05) is 6.92 Å². The van der Waals surface area contributed by atoms with Crippen molar-refractivity contribution in [1.82, 2.24) is 15.1 Å². The second kappa shape index (κ2) is 7.18. The summed E-state index contributed by atoms with van der Waals surface area (Å²) in [7, 11) is 1.67. The zero-order valence-corrected chi connectivity index (χ0v) is 12.2. The van der Waals surface area contributed by atoms with E-state index in [1.807, 2.05) is 13.2 Å². The fourth-order valence-corrected chi connectivity index (χ4v) is 2.11. The first-order valence-corrected chi connectivity index (χ1v) is 7.44. The van der Waals surface area contributed by atoms with E-state index in [1.165, 1.54) is 4.68 Å². The van der Waals surface area contributed by atoms with Crippen LogP contribution >= 0.6 is 11.8 Å². The summed E-state index contributed by atoms with van der Waals surface area (Å²) >= 11 is 1.55. The van der Waals surface area contributed by atoms with Crippen molar-refractivity contribution in [3.63, 3.8) is 0 Å². The van der Waals surface area contributed by atoms with E-state index in [-0.39, 0.29) is 0 Å². The Morgan fingerprint density at radius 2 is 2.26 bits per heavy atom. The van der Waals surface area contributed by atoms with E-state index in [0.29, 0.717) is 17.9 Å². The molecular formula is C12H19N3O3S. The van der Waals surface area contributed by atoms with Crippen LogP contribution in [0.15, 0.2) is 6.07 Å². The van der Waals surface area contributed by atoms with Gasteiger partial charge in [-0.2, -0.15) is 16.9 Å². The normalized spacial score (nSPS) is 12.2. The van der Waals surface area contributed by atoms with E-state index in [2.05, 4.69) is 10.4 Å². The van der Waals surface area contributed by atoms with Gasteiger partial charge in [0, 0.05) is 7.05 Å². The lowest BCUT2D eigenvalue weighted by atomic mass is 10.2. The molecular weight excluding hydrogens is 266 g/mol. The Bertz CT molecular complexity index is 459. The number of carbonyl (C=O) groups excluding carboxylic acids is 1. The van der Waals surface area contributed by atoms with E-state index in [4.69, 9.17) is 5.11 Å². The molecule has 6 nitrogen and oxygen atoms in total. The number of thioether (sulfide) groups is 1. The maximum Gasteiger partial charge on any atom is 0.326 e. The average Bonchev–Trinajstić information content (AvgIpc) is 2.75. The topological polar surface area (TPSA) is 84.2 Å². The van der Waals surface area contributed by atoms with Gasteiger partial charge in [0.15, 0.2) is 0 Å². The first kappa shape index (κ1) is 15.6. The summed E-state index contributed by atoms with van der Waals surface area (Å²) in [5.41, 5.74) is 1.19. The summed E-state index contributed by atoms with van der Waals surface area (Å²) in [4.78, 5) is 23.1. The average molecular weight is 285 g/mol. The molecule has 1 aromatic rings. The van der Waals surface area contributed by atoms with Crippen LogP contribution in [0.1, 0.15) is 29.5 Å². The highest BCUT2D eigenvalue weighted by Crippen LogP contribution is 2.06. The summed E-state index contributed by atoms with van der Waals surface area (Å²) in [5, 5.41) is 15.8. The summed E-state index contributed by atoms with van der Waals surface area (Å²) in [5.74, 6) is -0.730. The molecule has 0 aliphatic carbocycles. The van der Waals surface area contributed by atoms with E-state index < -0.39 is 17.9 Å². The molecule has 0 aromatic carbocycles. The Morgan fingerprint density at radius 3 is 2.74 bits per heavy atom. The molecule has 0 spiro atoms. The zero-order chi connectivity index (χ0) is 14.4. The predicted molar refractivity (Wildman–Crippen MR) is 74.5 cm³/mol. The number of amides is 1. The largest absolute Gasteiger partial charge is 0.480 e. The van der Waals surface area contributed by atoms with E-state index in [9.17, 15) is 9.59 Å². The molecule has 0 radical (unpaired) electrons. The fourth-order valence-electron chi connectivity index (χ4n) is 1.64. The smallest absolute Gasteiger partial charge is 0.326 e. The summed E-state index contributed by atoms with van der Waals surface area (Å²) in [6.45, 7) is 1.95. The molecule has 0 saturated heterocycles. The van der Waals surface area contributed by atoms with Gasteiger partial charge in [0.05, 0.1) is 5.69 Å². The third-order valence-electron chi connectivity index (χ3n) is 2.74. The van der Waals surface area contributed by atoms with Crippen molar-refractivity contribution in [2.24, 2.45) is 7.05 Å². The first-order valence-electron chi connectivity index (χ1n) is 6.05. The van der Waals surface area contributed by atoms with Crippen molar-refractivity contribution >= 4 is 23.6 Å². The third-order valence-corrected chi connectivity index (χ3v) is 3.38. The lowest BCUT2D eigenvalue weighted by Gasteiger charge is -2.13. The number of aryl methyl sites for hydroxylation is 2. The molecule has 106 valence electrons. The van der Waals surface area contributed by atoms with Gasteiger partial charge in [0.25, 0.3) is 5.91 Å². The molecule has 1 aromatic heterocycles. The number of hydrogen-bond acceptors (Lipinski definition) is 4. The SMILES string of the molecule is CCc1cc(C(=O)NC(CCSC)C(=O)O)n(C)n1. The highest BCUT2D eigenvalue weighted by molar-refractivity contribution is 7.98. The number of nitrogens with zero attached hydrogens (tertiary/aromatic N) is 2. The van der Waals surface area contributed by atoms with Gasteiger partial charge in [-0.05, 0) is 30.9 Å². The molecule has 1 atom stereocenters. The minimum Gasteiger partial charge on any atom is -0.480 e. The predicted octanol–water partition coefficient (Wildman–Crippen LogP) is 0.919. The molecule has 1 heterocycles. The highest BCUT2D eigenvalue weighted by atomic mass is 32.2. The number of aromatic nitrogens is 2. The van der Waals surface area contributed by atoms with Gasteiger partial charge in [-0.3, -0.25) is 9.48 Å². The van der Waals surface area contributed by atoms with Crippen LogP contribution in [-0.4, -0.2) is 44.8 Å². The van der Waals surface area contributed by atoms with Crippen LogP contribution in [-0.2, 0) is 18.3 Å². The van der Waals surface area contributed by atoms with E-state index in [1.54, 1.807) is 24.9 Å². The third kappa shape index (κ3) is 4.27. The molecule has 1 amide bonds. The molecule has 7 heteroatoms. The quantitative estimate of drug-likeness (QED) is 0.778. The molecule has 0 bridgehead atoms. The molecule has 2 N–H and O–H groups in total. The Balaban J connectivity index is 2.75. The number of nitrogens with one attached hydrogen (secondary N) is 1. The van der Waals surface area contributed by atoms with Crippen LogP contribution in [0.5, 0.6) is 0 Å². The van der Waals surface area contributed by atoms with Gasteiger partial charge >= 0.3 is 5.97 Å². The van der Waals surface area contributed by atoms with Gasteiger partial charge in [0.2, 0.25) is 0 Å². The number of carboxylic acids is 1. The van der Waals surface area contributed by atoms with Crippen molar-refractivity contribution < 1.29 is 14.7 Å². The highest BCUT2D eigenvalue weighted by Gasteiger charge is 2.22. The Labute approximate surface area is 116 Å². The van der Waals surface area contributed by atoms with Crippen molar-refractivity contribution in [3.05, 3.63) is 17.5 Å². The number of aliphatic carboxylic acids is 1. The molecule has 1 rings (SSSR count). The van der Waals surface area contributed by atoms with Crippen molar-refractivity contribution in [3.8, 4) is 0 Å². The molecule has 0 aliphatic heterocycles. The van der Waals surface area contributed by atoms with Crippen LogP contribution in [0.2, 0.25) is 0 Å². The number of carbonyl (C=O) groups is 2. The standard InChI is InChI=1S/C12H19N3O3S/c1-4-8-7-10(15(2)14-8)11(16)13-9(12(17)18)5-6-19-3/h7,9H,4-6H2,1-3H3,(H,13,16)(H,17,18). The molecule has 0 aliphatic rings. The van der Waals surface area contributed by atoms with Crippen LogP contribution in [0, 0.1) is 0 Å². The summed E-state index contributed by atoms with van der Waals surface area (Å²) in [6.07, 6.45) is 3.03. The second-order valence-electron chi connectivity index (χ2n) is 4.14. The van der Waals surface area contributed by atoms with Gasteiger partial charge in [-0.25, -0.2) is 4.79 Å². The minimum absolute atomic E-state index is 0.382. The lowest BCUT2D eigenvalue weighted by molar-refractivity contribution is -0.139. The Kier molecular flexibility index (Phi) is 5.88. The maximum absolute atomic E-state index is 12.0. The van der Waals surface area contributed by atoms with Crippen molar-refractivity contribution in [2.75, 3.05) is 12.0 Å². The number of rotatable bonds is 7. The van der Waals surface area contributed by atoms with Crippen LogP contribution in [0.3, 0.4) is 0 Å². The number of hydrogen-bond donors (Lipinski definition) is 2. The molecule has 0 saturated carbocycles. The van der Waals surface area contributed by atoms with Gasteiger partial charge in [0.1, 0.15) is 11.7 Å². The van der Waals surface area contributed by atoms with Crippen LogP contribution < -0.4 is 5.32 Å². The minimum atomic E-state index is -1.01. The zero-order valence-electron chi connectivity index (χ0n) is 11.3. The fraction of sp³-hybridized carbons (Fsp3) is 0.583. The summed E-state index contributed by atoms with van der Waals surface area (Å²) < 4.78 is 1.47.